The van der Waals surface area contributed by atoms with Gasteiger partial charge in [0, 0.05) is 23.7 Å². The number of carbonyl (C=O) groups excluding carboxylic acids is 1. The summed E-state index contributed by atoms with van der Waals surface area (Å²) in [5.41, 5.74) is 3.65. The van der Waals surface area contributed by atoms with Gasteiger partial charge in [0.2, 0.25) is 0 Å². The highest BCUT2D eigenvalue weighted by atomic mass is 16.1. The van der Waals surface area contributed by atoms with Gasteiger partial charge >= 0.3 is 0 Å². The van der Waals surface area contributed by atoms with Crippen LogP contribution in [0.25, 0.3) is 0 Å². The van der Waals surface area contributed by atoms with Crippen molar-refractivity contribution in [3.8, 4) is 0 Å². The van der Waals surface area contributed by atoms with E-state index in [-0.39, 0.29) is 5.91 Å². The zero-order valence-electron chi connectivity index (χ0n) is 14.5. The molecule has 25 heavy (non-hydrogen) atoms. The summed E-state index contributed by atoms with van der Waals surface area (Å²) in [6.45, 7) is 3.45. The van der Waals surface area contributed by atoms with Gasteiger partial charge in [0.25, 0.3) is 5.91 Å². The van der Waals surface area contributed by atoms with Crippen molar-refractivity contribution in [3.05, 3.63) is 59.2 Å². The van der Waals surface area contributed by atoms with Gasteiger partial charge < -0.3 is 10.6 Å². The first-order valence-electron chi connectivity index (χ1n) is 9.08. The van der Waals surface area contributed by atoms with Crippen molar-refractivity contribution in [2.24, 2.45) is 5.92 Å². The van der Waals surface area contributed by atoms with E-state index in [9.17, 15) is 4.79 Å². The first-order valence-corrected chi connectivity index (χ1v) is 9.08. The van der Waals surface area contributed by atoms with Crippen molar-refractivity contribution in [2.45, 2.75) is 44.7 Å². The summed E-state index contributed by atoms with van der Waals surface area (Å²) in [4.78, 5) is 20.7. The molecule has 0 aliphatic heterocycles. The summed E-state index contributed by atoms with van der Waals surface area (Å²) in [6, 6.07) is 8.64. The number of nitrogens with one attached hydrogen (secondary N) is 2. The number of benzene rings is 1. The third-order valence-corrected chi connectivity index (χ3v) is 5.02. The number of aryl methyl sites for hydroxylation is 1. The lowest BCUT2D eigenvalue weighted by atomic mass is 10.1. The van der Waals surface area contributed by atoms with E-state index in [1.54, 1.807) is 12.4 Å². The first kappa shape index (κ1) is 16.2. The fraction of sp³-hybridized carbons (Fsp3) is 0.450. The molecule has 4 rings (SSSR count). The number of hydrogen-bond donors (Lipinski definition) is 2. The molecule has 0 spiro atoms. The standard InChI is InChI=1S/C20H24N4O/c1-13-9-22-17(11-21-13)12-24-20(25)16-6-4-15(5-7-16)18-8-19(18)23-10-14-2-3-14/h4-7,9,11,14,18-19,23H,2-3,8,10,12H2,1H3,(H,24,25)/t18-,19+/m0/s1. The maximum atomic E-state index is 12.3. The summed E-state index contributed by atoms with van der Waals surface area (Å²) >= 11 is 0. The summed E-state index contributed by atoms with van der Waals surface area (Å²) in [5, 5.41) is 6.55. The van der Waals surface area contributed by atoms with Crippen LogP contribution < -0.4 is 10.6 Å². The Hall–Kier alpha value is -2.27. The number of hydrogen-bond acceptors (Lipinski definition) is 4. The van der Waals surface area contributed by atoms with Crippen LogP contribution in [0, 0.1) is 12.8 Å². The fourth-order valence-corrected chi connectivity index (χ4v) is 3.09. The van der Waals surface area contributed by atoms with Crippen LogP contribution in [0.1, 0.15) is 52.5 Å². The number of aromatic nitrogens is 2. The molecule has 5 heteroatoms. The monoisotopic (exact) mass is 336 g/mol. The van der Waals surface area contributed by atoms with Crippen LogP contribution in [0.2, 0.25) is 0 Å². The molecule has 2 aliphatic rings. The fourth-order valence-electron chi connectivity index (χ4n) is 3.09. The van der Waals surface area contributed by atoms with Gasteiger partial charge in [-0.15, -0.1) is 0 Å². The molecule has 2 aromatic rings. The molecule has 2 fully saturated rings. The van der Waals surface area contributed by atoms with Crippen molar-refractivity contribution in [3.63, 3.8) is 0 Å². The maximum absolute atomic E-state index is 12.3. The van der Waals surface area contributed by atoms with Crippen LogP contribution >= 0.6 is 0 Å². The molecule has 0 saturated heterocycles. The van der Waals surface area contributed by atoms with Crippen molar-refractivity contribution in [1.82, 2.24) is 20.6 Å². The number of nitrogens with zero attached hydrogens (tertiary/aromatic N) is 2. The zero-order valence-corrected chi connectivity index (χ0v) is 14.5. The lowest BCUT2D eigenvalue weighted by molar-refractivity contribution is 0.0950. The van der Waals surface area contributed by atoms with Gasteiger partial charge in [-0.2, -0.15) is 0 Å². The van der Waals surface area contributed by atoms with Crippen LogP contribution in [0.5, 0.6) is 0 Å². The van der Waals surface area contributed by atoms with Crippen molar-refractivity contribution >= 4 is 5.91 Å². The molecule has 2 aliphatic carbocycles. The van der Waals surface area contributed by atoms with Crippen LogP contribution in [-0.4, -0.2) is 28.5 Å². The van der Waals surface area contributed by atoms with E-state index in [0.29, 0.717) is 24.1 Å². The van der Waals surface area contributed by atoms with E-state index in [4.69, 9.17) is 0 Å². The Morgan fingerprint density at radius 1 is 1.16 bits per heavy atom. The Kier molecular flexibility index (Phi) is 4.49. The second-order valence-electron chi connectivity index (χ2n) is 7.25. The average Bonchev–Trinajstić information content (AvgIpc) is 3.54. The van der Waals surface area contributed by atoms with E-state index in [1.807, 2.05) is 19.1 Å². The number of rotatable bonds is 7. The van der Waals surface area contributed by atoms with Gasteiger partial charge in [-0.05, 0) is 56.3 Å². The molecule has 130 valence electrons. The van der Waals surface area contributed by atoms with E-state index in [0.717, 1.165) is 17.3 Å². The van der Waals surface area contributed by atoms with Gasteiger partial charge in [0.15, 0.2) is 0 Å². The Bertz CT molecular complexity index is 737. The summed E-state index contributed by atoms with van der Waals surface area (Å²) in [7, 11) is 0. The molecule has 2 atom stereocenters. The van der Waals surface area contributed by atoms with E-state index in [1.165, 1.54) is 31.4 Å². The topological polar surface area (TPSA) is 66.9 Å². The SMILES string of the molecule is Cc1cnc(CNC(=O)c2ccc([C@@H]3C[C@H]3NCC3CC3)cc2)cn1. The van der Waals surface area contributed by atoms with Gasteiger partial charge in [-0.25, -0.2) is 0 Å². The number of amides is 1. The molecule has 1 heterocycles. The Labute approximate surface area is 148 Å². The van der Waals surface area contributed by atoms with Crippen LogP contribution in [0.15, 0.2) is 36.7 Å². The van der Waals surface area contributed by atoms with Gasteiger partial charge in [-0.3, -0.25) is 14.8 Å². The molecular formula is C20H24N4O. The lowest BCUT2D eigenvalue weighted by Crippen LogP contribution is -2.23. The predicted octanol–water partition coefficient (Wildman–Crippen LogP) is 2.57. The van der Waals surface area contributed by atoms with Crippen LogP contribution in [0.3, 0.4) is 0 Å². The minimum Gasteiger partial charge on any atom is -0.346 e. The molecule has 0 radical (unpaired) electrons. The smallest absolute Gasteiger partial charge is 0.251 e. The Morgan fingerprint density at radius 2 is 1.96 bits per heavy atom. The van der Waals surface area contributed by atoms with Crippen LogP contribution in [0.4, 0.5) is 0 Å². The van der Waals surface area contributed by atoms with Crippen molar-refractivity contribution in [2.75, 3.05) is 6.54 Å². The third-order valence-electron chi connectivity index (χ3n) is 5.02. The normalized spacial score (nSPS) is 21.8. The summed E-state index contributed by atoms with van der Waals surface area (Å²) in [5.74, 6) is 1.46. The number of carbonyl (C=O) groups is 1. The summed E-state index contributed by atoms with van der Waals surface area (Å²) in [6.07, 6.45) is 7.40. The molecule has 1 amide bonds. The second kappa shape index (κ2) is 6.92. The quantitative estimate of drug-likeness (QED) is 0.815. The van der Waals surface area contributed by atoms with Crippen LogP contribution in [-0.2, 0) is 6.54 Å². The Balaban J connectivity index is 1.27. The Morgan fingerprint density at radius 3 is 2.64 bits per heavy atom. The lowest BCUT2D eigenvalue weighted by Gasteiger charge is -2.07. The highest BCUT2D eigenvalue weighted by molar-refractivity contribution is 5.94. The minimum absolute atomic E-state index is 0.0758. The molecule has 2 saturated carbocycles. The molecule has 1 aromatic heterocycles. The average molecular weight is 336 g/mol. The maximum Gasteiger partial charge on any atom is 0.251 e. The molecular weight excluding hydrogens is 312 g/mol. The zero-order chi connectivity index (χ0) is 17.2. The highest BCUT2D eigenvalue weighted by Gasteiger charge is 2.38. The van der Waals surface area contributed by atoms with E-state index >= 15 is 0 Å². The van der Waals surface area contributed by atoms with Gasteiger partial charge in [-0.1, -0.05) is 12.1 Å². The highest BCUT2D eigenvalue weighted by Crippen LogP contribution is 2.41. The third kappa shape index (κ3) is 4.23. The first-order chi connectivity index (χ1) is 12.2. The van der Waals surface area contributed by atoms with E-state index in [2.05, 4.69) is 32.7 Å². The molecule has 0 bridgehead atoms. The molecule has 5 nitrogen and oxygen atoms in total. The molecule has 2 N–H and O–H groups in total. The van der Waals surface area contributed by atoms with Gasteiger partial charge in [0.05, 0.1) is 24.1 Å². The molecule has 1 aromatic carbocycles. The van der Waals surface area contributed by atoms with Crippen molar-refractivity contribution < 1.29 is 4.79 Å². The predicted molar refractivity (Wildman–Crippen MR) is 96.3 cm³/mol. The molecule has 0 unspecified atom stereocenters. The summed E-state index contributed by atoms with van der Waals surface area (Å²) < 4.78 is 0. The van der Waals surface area contributed by atoms with Crippen molar-refractivity contribution in [1.29, 1.82) is 0 Å². The largest absolute Gasteiger partial charge is 0.346 e. The minimum atomic E-state index is -0.0758. The second-order valence-corrected chi connectivity index (χ2v) is 7.25. The van der Waals surface area contributed by atoms with E-state index < -0.39 is 0 Å². The van der Waals surface area contributed by atoms with Gasteiger partial charge in [0.1, 0.15) is 0 Å².